The van der Waals surface area contributed by atoms with Crippen LogP contribution in [0, 0.1) is 0 Å². The maximum absolute atomic E-state index is 12.3. The first kappa shape index (κ1) is 23.6. The number of nitrogens with zero attached hydrogens (tertiary/aromatic N) is 2. The molecule has 168 valence electrons. The van der Waals surface area contributed by atoms with Crippen molar-refractivity contribution in [2.24, 2.45) is 0 Å². The van der Waals surface area contributed by atoms with Gasteiger partial charge in [0.1, 0.15) is 5.82 Å². The van der Waals surface area contributed by atoms with E-state index in [0.717, 1.165) is 39.6 Å². The highest BCUT2D eigenvalue weighted by atomic mass is 32.1. The van der Waals surface area contributed by atoms with Gasteiger partial charge in [0, 0.05) is 23.6 Å². The van der Waals surface area contributed by atoms with Crippen molar-refractivity contribution in [1.29, 1.82) is 0 Å². The minimum Gasteiger partial charge on any atom is -0.464 e. The molecule has 0 aliphatic heterocycles. The van der Waals surface area contributed by atoms with Crippen LogP contribution in [0.2, 0.25) is 0 Å². The van der Waals surface area contributed by atoms with Gasteiger partial charge in [0.2, 0.25) is 0 Å². The van der Waals surface area contributed by atoms with Crippen LogP contribution in [0.5, 0.6) is 0 Å². The second-order valence-corrected chi connectivity index (χ2v) is 7.93. The van der Waals surface area contributed by atoms with Crippen LogP contribution in [0.15, 0.2) is 54.4 Å². The molecule has 0 saturated heterocycles. The molecule has 6 nitrogen and oxygen atoms in total. The van der Waals surface area contributed by atoms with Crippen molar-refractivity contribution in [2.75, 3.05) is 18.5 Å². The Morgan fingerprint density at radius 2 is 1.94 bits per heavy atom. The SMILES string of the molecule is C=CCc1c(CC)nc(-c2cccs2)nc1Nc1ccc(C(OCC)C(=O)OCC)cc1. The molecule has 0 bridgehead atoms. The second kappa shape index (κ2) is 11.5. The van der Waals surface area contributed by atoms with Crippen molar-refractivity contribution in [2.45, 2.75) is 39.7 Å². The number of rotatable bonds is 11. The monoisotopic (exact) mass is 451 g/mol. The normalized spacial score (nSPS) is 11.7. The van der Waals surface area contributed by atoms with Crippen molar-refractivity contribution in [3.05, 3.63) is 71.3 Å². The maximum atomic E-state index is 12.3. The van der Waals surface area contributed by atoms with Gasteiger partial charge in [-0.3, -0.25) is 0 Å². The van der Waals surface area contributed by atoms with Gasteiger partial charge in [0.15, 0.2) is 11.9 Å². The molecule has 2 aromatic heterocycles. The van der Waals surface area contributed by atoms with E-state index in [-0.39, 0.29) is 5.97 Å². The number of aromatic nitrogens is 2. The fourth-order valence-electron chi connectivity index (χ4n) is 3.36. The van der Waals surface area contributed by atoms with Crippen molar-refractivity contribution < 1.29 is 14.3 Å². The lowest BCUT2D eigenvalue weighted by molar-refractivity contribution is -0.157. The van der Waals surface area contributed by atoms with E-state index in [4.69, 9.17) is 19.4 Å². The summed E-state index contributed by atoms with van der Waals surface area (Å²) in [5.41, 5.74) is 3.64. The van der Waals surface area contributed by atoms with Crippen molar-refractivity contribution >= 4 is 28.8 Å². The molecule has 32 heavy (non-hydrogen) atoms. The van der Waals surface area contributed by atoms with E-state index in [0.29, 0.717) is 25.5 Å². The molecule has 0 radical (unpaired) electrons. The lowest BCUT2D eigenvalue weighted by Crippen LogP contribution is -2.19. The average Bonchev–Trinajstić information content (AvgIpc) is 3.34. The van der Waals surface area contributed by atoms with Gasteiger partial charge in [-0.15, -0.1) is 17.9 Å². The summed E-state index contributed by atoms with van der Waals surface area (Å²) in [5.74, 6) is 1.09. The molecule has 1 atom stereocenters. The first-order valence-corrected chi connectivity index (χ1v) is 11.7. The van der Waals surface area contributed by atoms with Crippen LogP contribution < -0.4 is 5.32 Å². The molecule has 0 aliphatic carbocycles. The molecule has 7 heteroatoms. The van der Waals surface area contributed by atoms with E-state index in [1.165, 1.54) is 0 Å². The first-order chi connectivity index (χ1) is 15.6. The van der Waals surface area contributed by atoms with Gasteiger partial charge in [-0.25, -0.2) is 14.8 Å². The molecule has 0 aliphatic rings. The Kier molecular flexibility index (Phi) is 8.53. The summed E-state index contributed by atoms with van der Waals surface area (Å²) in [6.45, 7) is 10.4. The Labute approximate surface area is 193 Å². The summed E-state index contributed by atoms with van der Waals surface area (Å²) in [6.07, 6.45) is 2.60. The topological polar surface area (TPSA) is 73.3 Å². The zero-order valence-electron chi connectivity index (χ0n) is 18.8. The average molecular weight is 452 g/mol. The largest absolute Gasteiger partial charge is 0.464 e. The number of anilines is 2. The Hall–Kier alpha value is -3.03. The van der Waals surface area contributed by atoms with Gasteiger partial charge in [-0.2, -0.15) is 0 Å². The minimum atomic E-state index is -0.735. The van der Waals surface area contributed by atoms with E-state index >= 15 is 0 Å². The molecule has 0 saturated carbocycles. The molecular weight excluding hydrogens is 422 g/mol. The van der Waals surface area contributed by atoms with E-state index in [2.05, 4.69) is 18.8 Å². The van der Waals surface area contributed by atoms with Crippen LogP contribution in [0.1, 0.15) is 43.7 Å². The number of thiophene rings is 1. The number of esters is 1. The van der Waals surface area contributed by atoms with Gasteiger partial charge < -0.3 is 14.8 Å². The minimum absolute atomic E-state index is 0.314. The molecule has 3 aromatic rings. The lowest BCUT2D eigenvalue weighted by atomic mass is 10.1. The quantitative estimate of drug-likeness (QED) is 0.290. The Balaban J connectivity index is 1.92. The number of aryl methyl sites for hydroxylation is 1. The highest BCUT2D eigenvalue weighted by molar-refractivity contribution is 7.13. The summed E-state index contributed by atoms with van der Waals surface area (Å²) in [7, 11) is 0. The third kappa shape index (κ3) is 5.60. The molecule has 1 N–H and O–H groups in total. The Bertz CT molecular complexity index is 1030. The van der Waals surface area contributed by atoms with Gasteiger partial charge in [0.25, 0.3) is 0 Å². The second-order valence-electron chi connectivity index (χ2n) is 6.98. The standard InChI is InChI=1S/C25H29N3O3S/c1-5-10-19-20(6-2)27-24(21-11-9-16-32-21)28-23(19)26-18-14-12-17(13-15-18)22(30-7-3)25(29)31-8-4/h5,9,11-16,22H,1,6-8,10H2,2-4H3,(H,26,27,28). The molecular formula is C25H29N3O3S. The summed E-state index contributed by atoms with van der Waals surface area (Å²) in [5, 5.41) is 5.46. The number of benzene rings is 1. The fraction of sp³-hybridized carbons (Fsp3) is 0.320. The van der Waals surface area contributed by atoms with E-state index < -0.39 is 6.10 Å². The molecule has 2 heterocycles. The van der Waals surface area contributed by atoms with Gasteiger partial charge in [-0.1, -0.05) is 31.2 Å². The fourth-order valence-corrected chi connectivity index (χ4v) is 4.02. The predicted octanol–water partition coefficient (Wildman–Crippen LogP) is 5.88. The number of carbonyl (C=O) groups is 1. The van der Waals surface area contributed by atoms with Gasteiger partial charge in [-0.05, 0) is 55.8 Å². The van der Waals surface area contributed by atoms with Crippen molar-refractivity contribution in [3.8, 4) is 10.7 Å². The predicted molar refractivity (Wildman–Crippen MR) is 129 cm³/mol. The van der Waals surface area contributed by atoms with Crippen LogP contribution in [0.4, 0.5) is 11.5 Å². The third-order valence-corrected chi connectivity index (χ3v) is 5.69. The Morgan fingerprint density at radius 1 is 1.16 bits per heavy atom. The number of nitrogens with one attached hydrogen (secondary N) is 1. The molecule has 1 aromatic carbocycles. The van der Waals surface area contributed by atoms with Crippen LogP contribution in [0.25, 0.3) is 10.7 Å². The number of ether oxygens (including phenoxy) is 2. The highest BCUT2D eigenvalue weighted by Crippen LogP contribution is 2.29. The number of carbonyl (C=O) groups excluding carboxylic acids is 1. The van der Waals surface area contributed by atoms with Crippen molar-refractivity contribution in [1.82, 2.24) is 9.97 Å². The molecule has 0 amide bonds. The summed E-state index contributed by atoms with van der Waals surface area (Å²) < 4.78 is 10.8. The van der Waals surface area contributed by atoms with Crippen LogP contribution in [-0.2, 0) is 27.1 Å². The molecule has 0 fully saturated rings. The van der Waals surface area contributed by atoms with Crippen LogP contribution in [-0.4, -0.2) is 29.2 Å². The number of allylic oxidation sites excluding steroid dienone is 1. The van der Waals surface area contributed by atoms with Crippen molar-refractivity contribution in [3.63, 3.8) is 0 Å². The zero-order valence-corrected chi connectivity index (χ0v) is 19.6. The number of hydrogen-bond acceptors (Lipinski definition) is 7. The van der Waals surface area contributed by atoms with Crippen LogP contribution >= 0.6 is 11.3 Å². The summed E-state index contributed by atoms with van der Waals surface area (Å²) in [4.78, 5) is 22.9. The van der Waals surface area contributed by atoms with E-state index in [9.17, 15) is 4.79 Å². The first-order valence-electron chi connectivity index (χ1n) is 10.8. The lowest BCUT2D eigenvalue weighted by Gasteiger charge is -2.17. The third-order valence-electron chi connectivity index (χ3n) is 4.83. The molecule has 1 unspecified atom stereocenters. The summed E-state index contributed by atoms with van der Waals surface area (Å²) in [6, 6.07) is 11.6. The molecule has 0 spiro atoms. The summed E-state index contributed by atoms with van der Waals surface area (Å²) >= 11 is 1.62. The molecule has 3 rings (SSSR count). The Morgan fingerprint density at radius 3 is 2.53 bits per heavy atom. The highest BCUT2D eigenvalue weighted by Gasteiger charge is 2.22. The maximum Gasteiger partial charge on any atom is 0.339 e. The number of hydrogen-bond donors (Lipinski definition) is 1. The zero-order chi connectivity index (χ0) is 22.9. The smallest absolute Gasteiger partial charge is 0.339 e. The van der Waals surface area contributed by atoms with E-state index in [1.54, 1.807) is 18.3 Å². The van der Waals surface area contributed by atoms with E-state index in [1.807, 2.05) is 54.8 Å². The van der Waals surface area contributed by atoms with Crippen LogP contribution in [0.3, 0.4) is 0 Å². The van der Waals surface area contributed by atoms with Gasteiger partial charge >= 0.3 is 5.97 Å². The van der Waals surface area contributed by atoms with Gasteiger partial charge in [0.05, 0.1) is 11.5 Å².